The number of esters is 2. The Kier molecular flexibility index (Phi) is 7.28. The standard InChI is InChI=1S/C15H17NO5/c1-2-20-14(18)8-9-15(19)21-11-13(17)16-10-12-6-4-3-5-7-12/h3-9H,2,10-11H2,1H3,(H,16,17)/b9-8+. The van der Waals surface area contributed by atoms with Crippen molar-refractivity contribution < 1.29 is 23.9 Å². The highest BCUT2D eigenvalue weighted by atomic mass is 16.5. The van der Waals surface area contributed by atoms with Crippen LogP contribution >= 0.6 is 0 Å². The zero-order valence-corrected chi connectivity index (χ0v) is 11.7. The average molecular weight is 291 g/mol. The van der Waals surface area contributed by atoms with Crippen LogP contribution < -0.4 is 5.32 Å². The molecule has 0 bridgehead atoms. The van der Waals surface area contributed by atoms with Gasteiger partial charge in [-0.1, -0.05) is 30.3 Å². The molecule has 1 rings (SSSR count). The second-order valence-corrected chi connectivity index (χ2v) is 3.96. The van der Waals surface area contributed by atoms with Crippen LogP contribution in [0.25, 0.3) is 0 Å². The fourth-order valence-corrected chi connectivity index (χ4v) is 1.36. The van der Waals surface area contributed by atoms with Crippen LogP contribution in [0, 0.1) is 0 Å². The van der Waals surface area contributed by atoms with Crippen LogP contribution in [0.4, 0.5) is 0 Å². The highest BCUT2D eigenvalue weighted by Gasteiger charge is 2.05. The Bertz CT molecular complexity index is 510. The molecular weight excluding hydrogens is 274 g/mol. The Balaban J connectivity index is 2.23. The van der Waals surface area contributed by atoms with Gasteiger partial charge in [-0.2, -0.15) is 0 Å². The molecule has 0 atom stereocenters. The number of carbonyl (C=O) groups excluding carboxylic acids is 3. The summed E-state index contributed by atoms with van der Waals surface area (Å²) in [5.74, 6) is -1.84. The van der Waals surface area contributed by atoms with Crippen molar-refractivity contribution in [3.05, 3.63) is 48.0 Å². The first-order valence-electron chi connectivity index (χ1n) is 6.44. The Morgan fingerprint density at radius 1 is 1.05 bits per heavy atom. The molecule has 0 saturated heterocycles. The number of benzene rings is 1. The Morgan fingerprint density at radius 2 is 1.67 bits per heavy atom. The quantitative estimate of drug-likeness (QED) is 0.598. The van der Waals surface area contributed by atoms with Crippen molar-refractivity contribution in [3.8, 4) is 0 Å². The van der Waals surface area contributed by atoms with E-state index in [2.05, 4.69) is 14.8 Å². The van der Waals surface area contributed by atoms with E-state index in [0.29, 0.717) is 6.54 Å². The van der Waals surface area contributed by atoms with Gasteiger partial charge in [0.2, 0.25) is 0 Å². The molecule has 112 valence electrons. The highest BCUT2D eigenvalue weighted by Crippen LogP contribution is 1.97. The summed E-state index contributed by atoms with van der Waals surface area (Å²) in [5.41, 5.74) is 0.944. The SMILES string of the molecule is CCOC(=O)/C=C/C(=O)OCC(=O)NCc1ccccc1. The average Bonchev–Trinajstić information content (AvgIpc) is 2.50. The lowest BCUT2D eigenvalue weighted by atomic mass is 10.2. The molecule has 0 aliphatic heterocycles. The molecule has 0 unspecified atom stereocenters. The highest BCUT2D eigenvalue weighted by molar-refractivity contribution is 5.92. The number of hydrogen-bond donors (Lipinski definition) is 1. The lowest BCUT2D eigenvalue weighted by molar-refractivity contribution is -0.144. The van der Waals surface area contributed by atoms with Crippen molar-refractivity contribution in [2.75, 3.05) is 13.2 Å². The molecule has 0 aromatic heterocycles. The maximum atomic E-state index is 11.5. The Morgan fingerprint density at radius 3 is 2.29 bits per heavy atom. The molecule has 0 aliphatic rings. The number of ether oxygens (including phenoxy) is 2. The number of nitrogens with one attached hydrogen (secondary N) is 1. The first kappa shape index (κ1) is 16.4. The second-order valence-electron chi connectivity index (χ2n) is 3.96. The predicted molar refractivity (Wildman–Crippen MR) is 75.0 cm³/mol. The summed E-state index contributed by atoms with van der Waals surface area (Å²) in [6.07, 6.45) is 1.87. The molecule has 21 heavy (non-hydrogen) atoms. The molecule has 6 heteroatoms. The van der Waals surface area contributed by atoms with Gasteiger partial charge in [-0.05, 0) is 12.5 Å². The van der Waals surface area contributed by atoms with Crippen LogP contribution in [-0.2, 0) is 30.4 Å². The van der Waals surface area contributed by atoms with Crippen LogP contribution in [0.15, 0.2) is 42.5 Å². The third kappa shape index (κ3) is 7.51. The van der Waals surface area contributed by atoms with Gasteiger partial charge in [-0.25, -0.2) is 9.59 Å². The second kappa shape index (κ2) is 9.30. The summed E-state index contributed by atoms with van der Waals surface area (Å²) in [5, 5.41) is 2.61. The molecule has 0 heterocycles. The largest absolute Gasteiger partial charge is 0.463 e. The summed E-state index contributed by atoms with van der Waals surface area (Å²) in [6.45, 7) is 1.83. The molecule has 0 fully saturated rings. The lowest BCUT2D eigenvalue weighted by Crippen LogP contribution is -2.28. The van der Waals surface area contributed by atoms with E-state index < -0.39 is 24.5 Å². The van der Waals surface area contributed by atoms with Gasteiger partial charge in [-0.15, -0.1) is 0 Å². The summed E-state index contributed by atoms with van der Waals surface area (Å²) >= 11 is 0. The van der Waals surface area contributed by atoms with Crippen LogP contribution in [0.3, 0.4) is 0 Å². The van der Waals surface area contributed by atoms with Gasteiger partial charge in [0.15, 0.2) is 6.61 Å². The van der Waals surface area contributed by atoms with Gasteiger partial charge < -0.3 is 14.8 Å². The first-order valence-corrected chi connectivity index (χ1v) is 6.44. The fraction of sp³-hybridized carbons (Fsp3) is 0.267. The van der Waals surface area contributed by atoms with Gasteiger partial charge in [0.25, 0.3) is 5.91 Å². The molecule has 1 N–H and O–H groups in total. The van der Waals surface area contributed by atoms with Crippen LogP contribution in [0.1, 0.15) is 12.5 Å². The van der Waals surface area contributed by atoms with E-state index in [4.69, 9.17) is 0 Å². The summed E-state index contributed by atoms with van der Waals surface area (Å²) in [4.78, 5) is 33.6. The third-order valence-electron chi connectivity index (χ3n) is 2.32. The van der Waals surface area contributed by atoms with E-state index >= 15 is 0 Å². The number of carbonyl (C=O) groups is 3. The van der Waals surface area contributed by atoms with Crippen LogP contribution in [-0.4, -0.2) is 31.1 Å². The van der Waals surface area contributed by atoms with Gasteiger partial charge in [0, 0.05) is 18.7 Å². The maximum Gasteiger partial charge on any atom is 0.331 e. The van der Waals surface area contributed by atoms with Crippen molar-refractivity contribution in [3.63, 3.8) is 0 Å². The van der Waals surface area contributed by atoms with E-state index in [1.807, 2.05) is 30.3 Å². The fourth-order valence-electron chi connectivity index (χ4n) is 1.36. The van der Waals surface area contributed by atoms with Crippen molar-refractivity contribution in [1.82, 2.24) is 5.32 Å². The molecule has 6 nitrogen and oxygen atoms in total. The third-order valence-corrected chi connectivity index (χ3v) is 2.32. The van der Waals surface area contributed by atoms with Gasteiger partial charge in [-0.3, -0.25) is 4.79 Å². The Labute approximate surface area is 122 Å². The zero-order valence-electron chi connectivity index (χ0n) is 11.7. The number of amides is 1. The van der Waals surface area contributed by atoms with E-state index in [9.17, 15) is 14.4 Å². The smallest absolute Gasteiger partial charge is 0.331 e. The molecule has 1 aromatic rings. The molecule has 0 saturated carbocycles. The molecular formula is C15H17NO5. The van der Waals surface area contributed by atoms with Gasteiger partial charge in [0.1, 0.15) is 0 Å². The van der Waals surface area contributed by atoms with Crippen molar-refractivity contribution in [2.45, 2.75) is 13.5 Å². The molecule has 0 aliphatic carbocycles. The zero-order chi connectivity index (χ0) is 15.5. The van der Waals surface area contributed by atoms with E-state index in [1.54, 1.807) is 6.92 Å². The molecule has 0 spiro atoms. The minimum atomic E-state index is -0.780. The van der Waals surface area contributed by atoms with Crippen molar-refractivity contribution in [1.29, 1.82) is 0 Å². The minimum absolute atomic E-state index is 0.222. The van der Waals surface area contributed by atoms with Gasteiger partial charge in [0.05, 0.1) is 6.61 Å². The number of hydrogen-bond acceptors (Lipinski definition) is 5. The predicted octanol–water partition coefficient (Wildman–Crippen LogP) is 0.965. The van der Waals surface area contributed by atoms with E-state index in [0.717, 1.165) is 17.7 Å². The summed E-state index contributed by atoms with van der Waals surface area (Å²) < 4.78 is 9.27. The monoisotopic (exact) mass is 291 g/mol. The van der Waals surface area contributed by atoms with Crippen LogP contribution in [0.5, 0.6) is 0 Å². The van der Waals surface area contributed by atoms with Gasteiger partial charge >= 0.3 is 11.9 Å². The molecule has 1 amide bonds. The van der Waals surface area contributed by atoms with Crippen molar-refractivity contribution in [2.24, 2.45) is 0 Å². The lowest BCUT2D eigenvalue weighted by Gasteiger charge is -2.05. The molecule has 0 radical (unpaired) electrons. The maximum absolute atomic E-state index is 11.5. The van der Waals surface area contributed by atoms with Crippen molar-refractivity contribution >= 4 is 17.8 Å². The molecule has 1 aromatic carbocycles. The summed E-state index contributed by atoms with van der Waals surface area (Å²) in [6, 6.07) is 9.34. The number of rotatable bonds is 7. The Hall–Kier alpha value is -2.63. The topological polar surface area (TPSA) is 81.7 Å². The van der Waals surface area contributed by atoms with Crippen LogP contribution in [0.2, 0.25) is 0 Å². The minimum Gasteiger partial charge on any atom is -0.463 e. The van der Waals surface area contributed by atoms with E-state index in [-0.39, 0.29) is 6.61 Å². The first-order chi connectivity index (χ1) is 10.1. The van der Waals surface area contributed by atoms with E-state index in [1.165, 1.54) is 0 Å². The normalized spacial score (nSPS) is 10.1. The summed E-state index contributed by atoms with van der Waals surface area (Å²) in [7, 11) is 0.